The predicted molar refractivity (Wildman–Crippen MR) is 123 cm³/mol. The normalized spacial score (nSPS) is 16.0. The van der Waals surface area contributed by atoms with Gasteiger partial charge in [-0.15, -0.1) is 11.3 Å². The maximum absolute atomic E-state index is 13.6. The standard InChI is InChI=1S/C22H30F3N5O3S/c1-20(2,3)33-19(31)30-8-6-13(7-9-30)28-18-27-12-15(22(23,24)25)16(29-18)17-26-11-14(34-17)10-21(4,5)32/h11-13,32H,6-10H2,1-5H3,(H,27,28,29). The molecule has 1 saturated heterocycles. The molecule has 34 heavy (non-hydrogen) atoms. The van der Waals surface area contributed by atoms with Crippen LogP contribution in [0.3, 0.4) is 0 Å². The molecule has 1 fully saturated rings. The lowest BCUT2D eigenvalue weighted by Crippen LogP contribution is -2.44. The zero-order valence-corrected chi connectivity index (χ0v) is 20.7. The molecule has 3 rings (SSSR count). The highest BCUT2D eigenvalue weighted by Crippen LogP contribution is 2.38. The number of anilines is 1. The minimum atomic E-state index is -4.64. The van der Waals surface area contributed by atoms with Crippen molar-refractivity contribution < 1.29 is 27.8 Å². The number of halogens is 3. The number of ether oxygens (including phenoxy) is 1. The van der Waals surface area contributed by atoms with Crippen molar-refractivity contribution in [3.8, 4) is 10.7 Å². The number of likely N-dealkylation sites (tertiary alicyclic amines) is 1. The molecule has 3 heterocycles. The van der Waals surface area contributed by atoms with Crippen LogP contribution >= 0.6 is 11.3 Å². The lowest BCUT2D eigenvalue weighted by molar-refractivity contribution is -0.137. The van der Waals surface area contributed by atoms with E-state index in [2.05, 4.69) is 20.3 Å². The van der Waals surface area contributed by atoms with Crippen molar-refractivity contribution >= 4 is 23.4 Å². The van der Waals surface area contributed by atoms with Crippen molar-refractivity contribution in [1.82, 2.24) is 19.9 Å². The Morgan fingerprint density at radius 2 is 1.82 bits per heavy atom. The summed E-state index contributed by atoms with van der Waals surface area (Å²) in [6.45, 7) is 9.54. The molecule has 1 amide bonds. The number of nitrogens with zero attached hydrogens (tertiary/aromatic N) is 4. The maximum Gasteiger partial charge on any atom is 0.420 e. The Balaban J connectivity index is 1.74. The molecule has 188 valence electrons. The molecule has 0 bridgehead atoms. The Morgan fingerprint density at radius 1 is 1.18 bits per heavy atom. The monoisotopic (exact) mass is 501 g/mol. The maximum atomic E-state index is 13.6. The Bertz CT molecular complexity index is 1010. The van der Waals surface area contributed by atoms with Crippen molar-refractivity contribution in [2.45, 2.75) is 77.3 Å². The van der Waals surface area contributed by atoms with Gasteiger partial charge in [-0.3, -0.25) is 0 Å². The molecule has 2 aromatic heterocycles. The molecule has 1 aliphatic rings. The molecular weight excluding hydrogens is 471 g/mol. The average molecular weight is 502 g/mol. The molecule has 8 nitrogen and oxygen atoms in total. The van der Waals surface area contributed by atoms with Gasteiger partial charge in [-0.05, 0) is 47.5 Å². The summed E-state index contributed by atoms with van der Waals surface area (Å²) in [4.78, 5) is 26.7. The number of carbonyl (C=O) groups excluding carboxylic acids is 1. The van der Waals surface area contributed by atoms with Gasteiger partial charge in [0.25, 0.3) is 0 Å². The summed E-state index contributed by atoms with van der Waals surface area (Å²) in [5.41, 5.74) is -2.87. The number of carbonyl (C=O) groups is 1. The zero-order chi connectivity index (χ0) is 25.3. The number of aromatic nitrogens is 3. The number of hydrogen-bond donors (Lipinski definition) is 2. The summed E-state index contributed by atoms with van der Waals surface area (Å²) in [5, 5.41) is 13.2. The molecule has 1 aliphatic heterocycles. The summed E-state index contributed by atoms with van der Waals surface area (Å²) >= 11 is 1.06. The number of rotatable bonds is 5. The van der Waals surface area contributed by atoms with Gasteiger partial charge in [0.1, 0.15) is 21.9 Å². The van der Waals surface area contributed by atoms with Crippen LogP contribution in [0.2, 0.25) is 0 Å². The van der Waals surface area contributed by atoms with Crippen LogP contribution in [0.5, 0.6) is 0 Å². The summed E-state index contributed by atoms with van der Waals surface area (Å²) in [7, 11) is 0. The van der Waals surface area contributed by atoms with Gasteiger partial charge in [0.05, 0.1) is 5.60 Å². The molecule has 0 aliphatic carbocycles. The van der Waals surface area contributed by atoms with Crippen LogP contribution < -0.4 is 5.32 Å². The predicted octanol–water partition coefficient (Wildman–Crippen LogP) is 4.74. The van der Waals surface area contributed by atoms with Crippen LogP contribution in [-0.4, -0.2) is 61.4 Å². The van der Waals surface area contributed by atoms with Crippen molar-refractivity contribution in [1.29, 1.82) is 0 Å². The van der Waals surface area contributed by atoms with E-state index in [0.717, 1.165) is 17.5 Å². The molecule has 0 unspecified atom stereocenters. The zero-order valence-electron chi connectivity index (χ0n) is 19.9. The first-order valence-electron chi connectivity index (χ1n) is 11.0. The smallest absolute Gasteiger partial charge is 0.420 e. The first-order valence-corrected chi connectivity index (χ1v) is 11.8. The highest BCUT2D eigenvalue weighted by atomic mass is 32.1. The lowest BCUT2D eigenvalue weighted by Gasteiger charge is -2.33. The minimum Gasteiger partial charge on any atom is -0.444 e. The number of piperidine rings is 1. The number of aliphatic hydroxyl groups is 1. The van der Waals surface area contributed by atoms with E-state index in [1.165, 1.54) is 6.20 Å². The third kappa shape index (κ3) is 7.26. The van der Waals surface area contributed by atoms with Crippen LogP contribution in [0.25, 0.3) is 10.7 Å². The molecule has 0 atom stereocenters. The van der Waals surface area contributed by atoms with Gasteiger partial charge in [0, 0.05) is 42.8 Å². The van der Waals surface area contributed by atoms with E-state index < -0.39 is 22.9 Å². The van der Waals surface area contributed by atoms with E-state index in [0.29, 0.717) is 30.8 Å². The number of thiazole rings is 1. The first kappa shape index (κ1) is 26.1. The lowest BCUT2D eigenvalue weighted by atomic mass is 10.1. The van der Waals surface area contributed by atoms with E-state index in [1.54, 1.807) is 39.5 Å². The summed E-state index contributed by atoms with van der Waals surface area (Å²) in [5.74, 6) is 0.0676. The van der Waals surface area contributed by atoms with Gasteiger partial charge in [-0.25, -0.2) is 19.7 Å². The quantitative estimate of drug-likeness (QED) is 0.610. The van der Waals surface area contributed by atoms with Crippen molar-refractivity contribution in [3.05, 3.63) is 22.8 Å². The fraction of sp³-hybridized carbons (Fsp3) is 0.636. The van der Waals surface area contributed by atoms with Crippen LogP contribution in [-0.2, 0) is 17.3 Å². The van der Waals surface area contributed by atoms with Gasteiger partial charge in [0.2, 0.25) is 5.95 Å². The molecule has 0 saturated carbocycles. The van der Waals surface area contributed by atoms with Crippen LogP contribution in [0.1, 0.15) is 57.9 Å². The van der Waals surface area contributed by atoms with E-state index in [1.807, 2.05) is 0 Å². The number of alkyl halides is 3. The second-order valence-electron chi connectivity index (χ2n) is 9.96. The molecule has 2 aromatic rings. The SMILES string of the molecule is CC(C)(O)Cc1cnc(-c2nc(NC3CCN(C(=O)OC(C)(C)C)CC3)ncc2C(F)(F)F)s1. The highest BCUT2D eigenvalue weighted by molar-refractivity contribution is 7.15. The number of hydrogen-bond acceptors (Lipinski definition) is 8. The third-order valence-corrected chi connectivity index (χ3v) is 5.94. The van der Waals surface area contributed by atoms with E-state index >= 15 is 0 Å². The van der Waals surface area contributed by atoms with Crippen LogP contribution in [0, 0.1) is 0 Å². The van der Waals surface area contributed by atoms with Gasteiger partial charge in [-0.1, -0.05) is 0 Å². The largest absolute Gasteiger partial charge is 0.444 e. The van der Waals surface area contributed by atoms with Gasteiger partial charge in [-0.2, -0.15) is 13.2 Å². The third-order valence-electron chi connectivity index (χ3n) is 4.94. The fourth-order valence-corrected chi connectivity index (χ4v) is 4.60. The van der Waals surface area contributed by atoms with Crippen molar-refractivity contribution in [2.24, 2.45) is 0 Å². The average Bonchev–Trinajstić information content (AvgIpc) is 3.13. The molecule has 0 radical (unpaired) electrons. The van der Waals surface area contributed by atoms with E-state index in [4.69, 9.17) is 4.74 Å². The summed E-state index contributed by atoms with van der Waals surface area (Å²) in [6, 6.07) is -0.106. The first-order chi connectivity index (χ1) is 15.6. The van der Waals surface area contributed by atoms with Crippen LogP contribution in [0.4, 0.5) is 23.9 Å². The Kier molecular flexibility index (Phi) is 7.42. The van der Waals surface area contributed by atoms with Crippen LogP contribution in [0.15, 0.2) is 12.4 Å². The number of amides is 1. The van der Waals surface area contributed by atoms with Gasteiger partial charge in [0.15, 0.2) is 0 Å². The molecule has 2 N–H and O–H groups in total. The van der Waals surface area contributed by atoms with E-state index in [9.17, 15) is 23.1 Å². The molecule has 0 spiro atoms. The second-order valence-corrected chi connectivity index (χ2v) is 11.1. The van der Waals surface area contributed by atoms with Gasteiger partial charge >= 0.3 is 12.3 Å². The topological polar surface area (TPSA) is 100 Å². The summed E-state index contributed by atoms with van der Waals surface area (Å²) < 4.78 is 46.3. The van der Waals surface area contributed by atoms with Crippen molar-refractivity contribution in [3.63, 3.8) is 0 Å². The Labute approximate surface area is 200 Å². The Hall–Kier alpha value is -2.47. The Morgan fingerprint density at radius 3 is 2.38 bits per heavy atom. The minimum absolute atomic E-state index is 0.0676. The second kappa shape index (κ2) is 9.65. The van der Waals surface area contributed by atoms with Crippen molar-refractivity contribution in [2.75, 3.05) is 18.4 Å². The highest BCUT2D eigenvalue weighted by Gasteiger charge is 2.37. The molecule has 12 heteroatoms. The van der Waals surface area contributed by atoms with Gasteiger partial charge < -0.3 is 20.1 Å². The summed E-state index contributed by atoms with van der Waals surface area (Å²) in [6.07, 6.45) is -1.40. The van der Waals surface area contributed by atoms with E-state index in [-0.39, 0.29) is 35.2 Å². The molecular formula is C22H30F3N5O3S. The fourth-order valence-electron chi connectivity index (χ4n) is 3.46. The number of nitrogens with one attached hydrogen (secondary N) is 1. The molecule has 0 aromatic carbocycles.